The highest BCUT2D eigenvalue weighted by molar-refractivity contribution is 7.21. The number of aliphatic hydroxyl groups is 2. The molecule has 0 unspecified atom stereocenters. The average molecular weight is 502 g/mol. The van der Waals surface area contributed by atoms with Crippen molar-refractivity contribution in [2.75, 3.05) is 45.0 Å². The van der Waals surface area contributed by atoms with Gasteiger partial charge in [-0.15, -0.1) is 11.3 Å². The van der Waals surface area contributed by atoms with Crippen LogP contribution in [0.3, 0.4) is 0 Å². The number of nitrogens with one attached hydrogen (secondary N) is 2. The summed E-state index contributed by atoms with van der Waals surface area (Å²) in [4.78, 5) is 32.4. The normalized spacial score (nSPS) is 21.9. The topological polar surface area (TPSA) is 146 Å². The molecular formula is C23H31N7O4S. The molecule has 12 heteroatoms. The Morgan fingerprint density at radius 3 is 2.66 bits per heavy atom. The van der Waals surface area contributed by atoms with E-state index in [0.717, 1.165) is 15.9 Å². The third kappa shape index (κ3) is 5.06. The maximum absolute atomic E-state index is 12.5. The number of carbonyl (C=O) groups excluding carboxylic acids is 1. The number of aliphatic hydroxyl groups excluding tert-OH is 2. The molecule has 3 aromatic rings. The van der Waals surface area contributed by atoms with Gasteiger partial charge in [0.25, 0.3) is 0 Å². The second kappa shape index (κ2) is 10.4. The molecule has 0 spiro atoms. The van der Waals surface area contributed by atoms with Crippen LogP contribution >= 0.6 is 11.3 Å². The van der Waals surface area contributed by atoms with Crippen LogP contribution in [0.4, 0.5) is 11.8 Å². The smallest absolute Gasteiger partial charge is 0.227 e. The van der Waals surface area contributed by atoms with Crippen molar-refractivity contribution < 1.29 is 19.7 Å². The number of hydrogen-bond donors (Lipinski definition) is 4. The maximum atomic E-state index is 12.5. The first-order valence-electron chi connectivity index (χ1n) is 11.4. The zero-order valence-corrected chi connectivity index (χ0v) is 21.3. The van der Waals surface area contributed by atoms with Crippen LogP contribution in [-0.4, -0.2) is 93.6 Å². The average Bonchev–Trinajstić information content (AvgIpc) is 3.36. The van der Waals surface area contributed by atoms with Crippen molar-refractivity contribution in [3.05, 3.63) is 23.7 Å². The van der Waals surface area contributed by atoms with Gasteiger partial charge >= 0.3 is 0 Å². The number of nitrogens with zero attached hydrogens (tertiary/aromatic N) is 5. The molecule has 0 saturated heterocycles. The molecule has 0 radical (unpaired) electrons. The fourth-order valence-corrected chi connectivity index (χ4v) is 5.40. The molecule has 188 valence electrons. The fraction of sp³-hybridized carbons (Fsp3) is 0.522. The minimum absolute atomic E-state index is 0.226. The Morgan fingerprint density at radius 2 is 1.97 bits per heavy atom. The fourth-order valence-electron chi connectivity index (χ4n) is 4.29. The largest absolute Gasteiger partial charge is 0.390 e. The molecule has 0 aliphatic heterocycles. The number of methoxy groups -OCH3 is 1. The van der Waals surface area contributed by atoms with Crippen LogP contribution in [0.2, 0.25) is 0 Å². The molecule has 3 aromatic heterocycles. The highest BCUT2D eigenvalue weighted by Gasteiger charge is 2.46. The maximum Gasteiger partial charge on any atom is 0.227 e. The standard InChI is InChI=1S/C23H31N7O4S/c1-11-16(21-28-17-12(2)24-7-6-15(17)35-21)20(29-23(26-11)25-8-9-34-5)27-14-10-13(18(31)19(14)32)22(33)30(3)4/h6-7,13-14,18-19,31-32H,8-10H2,1-5H3,(H2,25,26,27,29)/t13-,14+,18+,19-/m0/s1. The van der Waals surface area contributed by atoms with Gasteiger partial charge < -0.3 is 30.5 Å². The first-order chi connectivity index (χ1) is 16.7. The molecule has 4 rings (SSSR count). The van der Waals surface area contributed by atoms with Crippen molar-refractivity contribution in [2.24, 2.45) is 5.92 Å². The summed E-state index contributed by atoms with van der Waals surface area (Å²) >= 11 is 1.50. The van der Waals surface area contributed by atoms with Crippen LogP contribution in [0, 0.1) is 19.8 Å². The van der Waals surface area contributed by atoms with Crippen molar-refractivity contribution in [1.82, 2.24) is 24.8 Å². The van der Waals surface area contributed by atoms with E-state index >= 15 is 0 Å². The van der Waals surface area contributed by atoms with E-state index in [-0.39, 0.29) is 12.3 Å². The van der Waals surface area contributed by atoms with Gasteiger partial charge in [0.15, 0.2) is 0 Å². The highest BCUT2D eigenvalue weighted by Crippen LogP contribution is 2.38. The van der Waals surface area contributed by atoms with E-state index in [1.807, 2.05) is 19.9 Å². The van der Waals surface area contributed by atoms with Crippen LogP contribution in [-0.2, 0) is 9.53 Å². The Morgan fingerprint density at radius 1 is 1.20 bits per heavy atom. The van der Waals surface area contributed by atoms with E-state index in [4.69, 9.17) is 9.72 Å². The Balaban J connectivity index is 1.73. The Kier molecular flexibility index (Phi) is 7.45. The lowest BCUT2D eigenvalue weighted by atomic mass is 10.0. The Bertz CT molecular complexity index is 1220. The van der Waals surface area contributed by atoms with Gasteiger partial charge in [-0.05, 0) is 26.3 Å². The van der Waals surface area contributed by atoms with E-state index in [0.29, 0.717) is 41.2 Å². The predicted octanol–water partition coefficient (Wildman–Crippen LogP) is 1.43. The zero-order valence-electron chi connectivity index (χ0n) is 20.4. The van der Waals surface area contributed by atoms with Crippen LogP contribution in [0.1, 0.15) is 17.8 Å². The number of amides is 1. The van der Waals surface area contributed by atoms with E-state index in [1.165, 1.54) is 16.2 Å². The van der Waals surface area contributed by atoms with E-state index in [9.17, 15) is 15.0 Å². The lowest BCUT2D eigenvalue weighted by Crippen LogP contribution is -2.38. The molecule has 11 nitrogen and oxygen atoms in total. The summed E-state index contributed by atoms with van der Waals surface area (Å²) < 4.78 is 6.10. The molecular weight excluding hydrogens is 470 g/mol. The van der Waals surface area contributed by atoms with E-state index < -0.39 is 24.2 Å². The number of pyridine rings is 1. The molecule has 35 heavy (non-hydrogen) atoms. The molecule has 1 amide bonds. The van der Waals surface area contributed by atoms with Crippen LogP contribution in [0.5, 0.6) is 0 Å². The summed E-state index contributed by atoms with van der Waals surface area (Å²) in [6.45, 7) is 4.79. The van der Waals surface area contributed by atoms with Crippen LogP contribution in [0.25, 0.3) is 20.8 Å². The van der Waals surface area contributed by atoms with Gasteiger partial charge in [-0.1, -0.05) is 0 Å². The lowest BCUT2D eigenvalue weighted by Gasteiger charge is -2.21. The predicted molar refractivity (Wildman–Crippen MR) is 135 cm³/mol. The molecule has 1 aliphatic rings. The number of fused-ring (bicyclic) bond motifs is 1. The van der Waals surface area contributed by atoms with Gasteiger partial charge in [0.1, 0.15) is 22.4 Å². The summed E-state index contributed by atoms with van der Waals surface area (Å²) in [5.41, 5.74) is 3.04. The number of ether oxygens (including phenoxy) is 1. The second-order valence-corrected chi connectivity index (χ2v) is 9.88. The first-order valence-corrected chi connectivity index (χ1v) is 12.2. The van der Waals surface area contributed by atoms with Crippen molar-refractivity contribution in [3.8, 4) is 10.6 Å². The third-order valence-electron chi connectivity index (χ3n) is 6.15. The van der Waals surface area contributed by atoms with Crippen molar-refractivity contribution in [3.63, 3.8) is 0 Å². The number of thiazole rings is 1. The number of anilines is 2. The molecule has 1 saturated carbocycles. The minimum Gasteiger partial charge on any atom is -0.390 e. The minimum atomic E-state index is -1.18. The summed E-state index contributed by atoms with van der Waals surface area (Å²) in [6.07, 6.45) is -0.303. The summed E-state index contributed by atoms with van der Waals surface area (Å²) in [6, 6.07) is 1.33. The lowest BCUT2D eigenvalue weighted by molar-refractivity contribution is -0.136. The summed E-state index contributed by atoms with van der Waals surface area (Å²) in [7, 11) is 4.89. The SMILES string of the molecule is COCCNc1nc(C)c(-c2nc3c(C)nccc3s2)c(N[C@@H]2C[C@H](C(=O)N(C)C)[C@@H](O)[C@H]2O)n1. The number of rotatable bonds is 8. The molecule has 0 bridgehead atoms. The molecule has 1 aliphatic carbocycles. The van der Waals surface area contributed by atoms with Crippen molar-refractivity contribution in [2.45, 2.75) is 38.5 Å². The third-order valence-corrected chi connectivity index (χ3v) is 7.18. The molecule has 0 aromatic carbocycles. The van der Waals surface area contributed by atoms with Gasteiger partial charge in [-0.25, -0.2) is 9.97 Å². The van der Waals surface area contributed by atoms with Crippen molar-refractivity contribution >= 4 is 39.2 Å². The number of aryl methyl sites for hydroxylation is 2. The van der Waals surface area contributed by atoms with Gasteiger partial charge in [-0.3, -0.25) is 9.78 Å². The Hall–Kier alpha value is -2.93. The van der Waals surface area contributed by atoms with Gasteiger partial charge in [0.05, 0.1) is 46.3 Å². The monoisotopic (exact) mass is 501 g/mol. The Labute approximate surface area is 207 Å². The van der Waals surface area contributed by atoms with Gasteiger partial charge in [0.2, 0.25) is 11.9 Å². The molecule has 4 atom stereocenters. The molecule has 3 heterocycles. The van der Waals surface area contributed by atoms with Crippen LogP contribution < -0.4 is 10.6 Å². The van der Waals surface area contributed by atoms with E-state index in [2.05, 4.69) is 25.6 Å². The van der Waals surface area contributed by atoms with Gasteiger partial charge in [0, 0.05) is 33.9 Å². The summed E-state index contributed by atoms with van der Waals surface area (Å²) in [5.74, 6) is -0.0645. The quantitative estimate of drug-likeness (QED) is 0.334. The van der Waals surface area contributed by atoms with Crippen LogP contribution in [0.15, 0.2) is 12.3 Å². The summed E-state index contributed by atoms with van der Waals surface area (Å²) in [5, 5.41) is 28.5. The highest BCUT2D eigenvalue weighted by atomic mass is 32.1. The number of carbonyl (C=O) groups is 1. The second-order valence-electron chi connectivity index (χ2n) is 8.84. The number of hydrogen-bond acceptors (Lipinski definition) is 11. The van der Waals surface area contributed by atoms with E-state index in [1.54, 1.807) is 27.4 Å². The van der Waals surface area contributed by atoms with Gasteiger partial charge in [-0.2, -0.15) is 4.98 Å². The number of aromatic nitrogens is 4. The first kappa shape index (κ1) is 25.2. The zero-order chi connectivity index (χ0) is 25.3. The molecule has 4 N–H and O–H groups in total. The van der Waals surface area contributed by atoms with Crippen molar-refractivity contribution in [1.29, 1.82) is 0 Å². The molecule has 1 fully saturated rings.